The lowest BCUT2D eigenvalue weighted by molar-refractivity contribution is -0.385. The third-order valence-electron chi connectivity index (χ3n) is 4.05. The maximum atomic E-state index is 12.1. The van der Waals surface area contributed by atoms with Crippen LogP contribution in [0.4, 0.5) is 5.69 Å². The molecule has 27 heavy (non-hydrogen) atoms. The number of esters is 1. The third-order valence-corrected chi connectivity index (χ3v) is 5.20. The van der Waals surface area contributed by atoms with E-state index >= 15 is 0 Å². The summed E-state index contributed by atoms with van der Waals surface area (Å²) in [7, 11) is 0. The first kappa shape index (κ1) is 19.2. The standard InChI is InChI=1S/C19H19NO6S/c1-12-3-4-17(13(2)5-12)27-10-18(21)25-9-15-7-16(20(22)23)6-14-8-24-11-26-19(14)15/h3-7H,8-11H2,1-2H3. The van der Waals surface area contributed by atoms with Crippen molar-refractivity contribution >= 4 is 23.4 Å². The van der Waals surface area contributed by atoms with Gasteiger partial charge in [-0.25, -0.2) is 0 Å². The number of carbonyl (C=O) groups excluding carboxylic acids is 1. The number of thioether (sulfide) groups is 1. The molecule has 0 N–H and O–H groups in total. The Bertz CT molecular complexity index is 883. The molecule has 0 atom stereocenters. The Morgan fingerprint density at radius 3 is 2.85 bits per heavy atom. The molecule has 2 aromatic rings. The third kappa shape index (κ3) is 4.78. The Labute approximate surface area is 160 Å². The van der Waals surface area contributed by atoms with Gasteiger partial charge in [-0.1, -0.05) is 17.7 Å². The number of fused-ring (bicyclic) bond motifs is 1. The Morgan fingerprint density at radius 1 is 1.30 bits per heavy atom. The van der Waals surface area contributed by atoms with Gasteiger partial charge in [0.2, 0.25) is 0 Å². The molecule has 0 radical (unpaired) electrons. The maximum absolute atomic E-state index is 12.1. The number of benzene rings is 2. The van der Waals surface area contributed by atoms with Crippen LogP contribution in [0.2, 0.25) is 0 Å². The highest BCUT2D eigenvalue weighted by atomic mass is 32.2. The van der Waals surface area contributed by atoms with Crippen molar-refractivity contribution in [3.8, 4) is 5.75 Å². The smallest absolute Gasteiger partial charge is 0.316 e. The molecular weight excluding hydrogens is 370 g/mol. The minimum absolute atomic E-state index is 0.0638. The molecule has 2 aromatic carbocycles. The lowest BCUT2D eigenvalue weighted by atomic mass is 10.1. The largest absolute Gasteiger partial charge is 0.467 e. The normalized spacial score (nSPS) is 12.8. The molecule has 0 saturated carbocycles. The molecule has 0 spiro atoms. The van der Waals surface area contributed by atoms with Gasteiger partial charge in [0.15, 0.2) is 6.79 Å². The molecule has 0 unspecified atom stereocenters. The number of aryl methyl sites for hydroxylation is 2. The fourth-order valence-corrected chi connectivity index (χ4v) is 3.60. The zero-order valence-corrected chi connectivity index (χ0v) is 15.8. The quantitative estimate of drug-likeness (QED) is 0.320. The van der Waals surface area contributed by atoms with Crippen molar-refractivity contribution in [3.05, 3.63) is 62.7 Å². The van der Waals surface area contributed by atoms with Crippen molar-refractivity contribution in [3.63, 3.8) is 0 Å². The van der Waals surface area contributed by atoms with Crippen LogP contribution in [0.15, 0.2) is 35.2 Å². The second kappa shape index (κ2) is 8.41. The summed E-state index contributed by atoms with van der Waals surface area (Å²) < 4.78 is 15.9. The molecule has 0 aromatic heterocycles. The molecule has 0 bridgehead atoms. The molecule has 7 nitrogen and oxygen atoms in total. The minimum Gasteiger partial charge on any atom is -0.467 e. The molecule has 0 amide bonds. The van der Waals surface area contributed by atoms with Crippen LogP contribution in [-0.2, 0) is 27.5 Å². The summed E-state index contributed by atoms with van der Waals surface area (Å²) in [6.45, 7) is 4.21. The topological polar surface area (TPSA) is 87.9 Å². The number of nitro groups is 1. The van der Waals surface area contributed by atoms with Crippen molar-refractivity contribution in [1.82, 2.24) is 0 Å². The average Bonchev–Trinajstić information content (AvgIpc) is 2.65. The number of hydrogen-bond donors (Lipinski definition) is 0. The van der Waals surface area contributed by atoms with E-state index in [2.05, 4.69) is 6.07 Å². The predicted molar refractivity (Wildman–Crippen MR) is 99.8 cm³/mol. The summed E-state index contributed by atoms with van der Waals surface area (Å²) in [5.41, 5.74) is 3.23. The van der Waals surface area contributed by atoms with Crippen molar-refractivity contribution < 1.29 is 23.9 Å². The van der Waals surface area contributed by atoms with Crippen LogP contribution >= 0.6 is 11.8 Å². The van der Waals surface area contributed by atoms with E-state index in [1.54, 1.807) is 0 Å². The van der Waals surface area contributed by atoms with E-state index in [0.717, 1.165) is 10.5 Å². The van der Waals surface area contributed by atoms with Crippen LogP contribution in [0.3, 0.4) is 0 Å². The predicted octanol–water partition coefficient (Wildman–Crippen LogP) is 3.91. The van der Waals surface area contributed by atoms with E-state index in [1.165, 1.54) is 29.5 Å². The van der Waals surface area contributed by atoms with Gasteiger partial charge in [0.05, 0.1) is 17.3 Å². The number of ether oxygens (including phenoxy) is 3. The van der Waals surface area contributed by atoms with Gasteiger partial charge < -0.3 is 14.2 Å². The highest BCUT2D eigenvalue weighted by molar-refractivity contribution is 8.00. The van der Waals surface area contributed by atoms with Crippen molar-refractivity contribution in [2.75, 3.05) is 12.5 Å². The molecule has 8 heteroatoms. The van der Waals surface area contributed by atoms with Crippen LogP contribution in [0.25, 0.3) is 0 Å². The molecular formula is C19H19NO6S. The monoisotopic (exact) mass is 389 g/mol. The van der Waals surface area contributed by atoms with Crippen LogP contribution in [0.1, 0.15) is 22.3 Å². The fraction of sp³-hybridized carbons (Fsp3) is 0.316. The fourth-order valence-electron chi connectivity index (χ4n) is 2.79. The molecule has 1 aliphatic rings. The van der Waals surface area contributed by atoms with Gasteiger partial charge in [-0.3, -0.25) is 14.9 Å². The van der Waals surface area contributed by atoms with E-state index in [-0.39, 0.29) is 31.4 Å². The summed E-state index contributed by atoms with van der Waals surface area (Å²) in [4.78, 5) is 23.7. The van der Waals surface area contributed by atoms with Crippen molar-refractivity contribution in [2.45, 2.75) is 32.0 Å². The van der Waals surface area contributed by atoms with E-state index in [0.29, 0.717) is 16.9 Å². The van der Waals surface area contributed by atoms with Crippen LogP contribution in [0, 0.1) is 24.0 Å². The van der Waals surface area contributed by atoms with Gasteiger partial charge in [0.1, 0.15) is 12.4 Å². The molecule has 0 fully saturated rings. The zero-order chi connectivity index (χ0) is 19.4. The number of non-ortho nitro benzene ring substituents is 1. The van der Waals surface area contributed by atoms with Gasteiger partial charge in [-0.05, 0) is 25.5 Å². The van der Waals surface area contributed by atoms with Crippen LogP contribution < -0.4 is 4.74 Å². The summed E-state index contributed by atoms with van der Waals surface area (Å²) in [6, 6.07) is 8.82. The zero-order valence-electron chi connectivity index (χ0n) is 15.0. The molecule has 142 valence electrons. The minimum atomic E-state index is -0.490. The number of carbonyl (C=O) groups is 1. The van der Waals surface area contributed by atoms with Crippen molar-refractivity contribution in [2.24, 2.45) is 0 Å². The van der Waals surface area contributed by atoms with Gasteiger partial charge in [0, 0.05) is 28.2 Å². The summed E-state index contributed by atoms with van der Waals surface area (Å²) in [5, 5.41) is 11.1. The van der Waals surface area contributed by atoms with E-state index < -0.39 is 10.9 Å². The summed E-state index contributed by atoms with van der Waals surface area (Å²) >= 11 is 1.40. The Hall–Kier alpha value is -2.58. The number of nitrogens with zero attached hydrogens (tertiary/aromatic N) is 1. The van der Waals surface area contributed by atoms with E-state index in [1.807, 2.05) is 26.0 Å². The molecule has 0 aliphatic carbocycles. The van der Waals surface area contributed by atoms with Gasteiger partial charge in [-0.15, -0.1) is 11.8 Å². The van der Waals surface area contributed by atoms with E-state index in [4.69, 9.17) is 14.2 Å². The Balaban J connectivity index is 1.64. The first-order chi connectivity index (χ1) is 12.9. The average molecular weight is 389 g/mol. The molecule has 3 rings (SSSR count). The summed E-state index contributed by atoms with van der Waals surface area (Å²) in [5.74, 6) is 0.249. The Kier molecular flexibility index (Phi) is 5.98. The molecule has 1 heterocycles. The van der Waals surface area contributed by atoms with Gasteiger partial charge >= 0.3 is 5.97 Å². The van der Waals surface area contributed by atoms with Gasteiger partial charge in [0.25, 0.3) is 5.69 Å². The lowest BCUT2D eigenvalue weighted by Crippen LogP contribution is -2.15. The van der Waals surface area contributed by atoms with E-state index in [9.17, 15) is 14.9 Å². The number of rotatable bonds is 6. The number of hydrogen-bond acceptors (Lipinski definition) is 7. The number of nitro benzene ring substituents is 1. The maximum Gasteiger partial charge on any atom is 0.316 e. The Morgan fingerprint density at radius 2 is 2.11 bits per heavy atom. The highest BCUT2D eigenvalue weighted by Crippen LogP contribution is 2.33. The summed E-state index contributed by atoms with van der Waals surface area (Å²) in [6.07, 6.45) is 0. The first-order valence-electron chi connectivity index (χ1n) is 8.30. The van der Waals surface area contributed by atoms with Crippen LogP contribution in [0.5, 0.6) is 5.75 Å². The van der Waals surface area contributed by atoms with Crippen molar-refractivity contribution in [1.29, 1.82) is 0 Å². The second-order valence-corrected chi connectivity index (χ2v) is 7.20. The molecule has 0 saturated heterocycles. The molecule has 1 aliphatic heterocycles. The lowest BCUT2D eigenvalue weighted by Gasteiger charge is -2.20. The highest BCUT2D eigenvalue weighted by Gasteiger charge is 2.21. The first-order valence-corrected chi connectivity index (χ1v) is 9.29. The van der Waals surface area contributed by atoms with Gasteiger partial charge in [-0.2, -0.15) is 0 Å². The van der Waals surface area contributed by atoms with Crippen LogP contribution in [-0.4, -0.2) is 23.4 Å². The second-order valence-electron chi connectivity index (χ2n) is 6.18. The SMILES string of the molecule is Cc1ccc(SCC(=O)OCc2cc([N+](=O)[O-])cc3c2OCOC3)c(C)c1.